The highest BCUT2D eigenvalue weighted by molar-refractivity contribution is 5.94. The van der Waals surface area contributed by atoms with Gasteiger partial charge < -0.3 is 15.8 Å². The summed E-state index contributed by atoms with van der Waals surface area (Å²) in [4.78, 5) is 0. The Morgan fingerprint density at radius 2 is 2.11 bits per heavy atom. The van der Waals surface area contributed by atoms with Crippen molar-refractivity contribution in [1.82, 2.24) is 5.32 Å². The summed E-state index contributed by atoms with van der Waals surface area (Å²) in [6.07, 6.45) is 0.206. The second kappa shape index (κ2) is 5.19. The highest BCUT2D eigenvalue weighted by Crippen LogP contribution is 2.32. The van der Waals surface area contributed by atoms with Gasteiger partial charge in [0.2, 0.25) is 0 Å². The van der Waals surface area contributed by atoms with Crippen LogP contribution in [0.2, 0.25) is 0 Å². The molecule has 3 rings (SSSR count). The third-order valence-corrected chi connectivity index (χ3v) is 4.01. The van der Waals surface area contributed by atoms with Crippen molar-refractivity contribution in [1.29, 1.82) is 0 Å². The minimum Gasteiger partial charge on any atom is -0.398 e. The molecule has 100 valence electrons. The number of hydrogen-bond donors (Lipinski definition) is 2. The lowest BCUT2D eigenvalue weighted by Gasteiger charge is -2.30. The highest BCUT2D eigenvalue weighted by atomic mass is 16.5. The van der Waals surface area contributed by atoms with Crippen LogP contribution in [0.25, 0.3) is 10.8 Å². The van der Waals surface area contributed by atoms with Crippen LogP contribution in [0.5, 0.6) is 0 Å². The van der Waals surface area contributed by atoms with Crippen LogP contribution in [0.1, 0.15) is 18.4 Å². The molecule has 1 saturated heterocycles. The first kappa shape index (κ1) is 12.5. The Morgan fingerprint density at radius 1 is 1.26 bits per heavy atom. The fourth-order valence-electron chi connectivity index (χ4n) is 2.82. The van der Waals surface area contributed by atoms with Gasteiger partial charge in [-0.05, 0) is 10.9 Å². The van der Waals surface area contributed by atoms with E-state index in [-0.39, 0.29) is 6.10 Å². The van der Waals surface area contributed by atoms with Crippen molar-refractivity contribution in [3.05, 3.63) is 42.0 Å². The fraction of sp³-hybridized carbons (Fsp3) is 0.375. The number of benzene rings is 2. The minimum atomic E-state index is 0.206. The SMILES string of the molecule is CC(c1ccc2ccccc2c1N)C1CNCCO1. The Bertz CT molecular complexity index is 576. The molecule has 1 aliphatic heterocycles. The van der Waals surface area contributed by atoms with Crippen LogP contribution in [-0.4, -0.2) is 25.8 Å². The summed E-state index contributed by atoms with van der Waals surface area (Å²) in [5.74, 6) is 0.303. The average molecular weight is 256 g/mol. The predicted molar refractivity (Wildman–Crippen MR) is 79.4 cm³/mol. The van der Waals surface area contributed by atoms with Crippen molar-refractivity contribution in [2.24, 2.45) is 0 Å². The second-order valence-corrected chi connectivity index (χ2v) is 5.19. The summed E-state index contributed by atoms with van der Waals surface area (Å²) in [6, 6.07) is 12.5. The third kappa shape index (κ3) is 2.31. The molecule has 1 fully saturated rings. The van der Waals surface area contributed by atoms with Crippen LogP contribution in [0, 0.1) is 0 Å². The Kier molecular flexibility index (Phi) is 3.40. The Balaban J connectivity index is 1.97. The standard InChI is InChI=1S/C16H20N2O/c1-11(15-10-18-8-9-19-15)13-7-6-12-4-2-3-5-14(12)16(13)17/h2-7,11,15,18H,8-10,17H2,1H3. The van der Waals surface area contributed by atoms with Gasteiger partial charge in [-0.15, -0.1) is 0 Å². The van der Waals surface area contributed by atoms with Gasteiger partial charge in [-0.25, -0.2) is 0 Å². The molecule has 0 amide bonds. The van der Waals surface area contributed by atoms with E-state index in [0.717, 1.165) is 30.8 Å². The molecule has 3 N–H and O–H groups in total. The van der Waals surface area contributed by atoms with Crippen LogP contribution >= 0.6 is 0 Å². The topological polar surface area (TPSA) is 47.3 Å². The molecule has 2 atom stereocenters. The molecule has 2 aromatic carbocycles. The van der Waals surface area contributed by atoms with E-state index in [0.29, 0.717) is 5.92 Å². The monoisotopic (exact) mass is 256 g/mol. The van der Waals surface area contributed by atoms with E-state index in [2.05, 4.69) is 36.5 Å². The average Bonchev–Trinajstić information content (AvgIpc) is 2.48. The lowest BCUT2D eigenvalue weighted by molar-refractivity contribution is 0.0148. The molecular weight excluding hydrogens is 236 g/mol. The van der Waals surface area contributed by atoms with Gasteiger partial charge in [0.05, 0.1) is 12.7 Å². The number of hydrogen-bond acceptors (Lipinski definition) is 3. The molecule has 0 bridgehead atoms. The number of ether oxygens (including phenoxy) is 1. The van der Waals surface area contributed by atoms with Gasteiger partial charge in [0, 0.05) is 30.1 Å². The molecule has 1 heterocycles. The fourth-order valence-corrected chi connectivity index (χ4v) is 2.82. The van der Waals surface area contributed by atoms with E-state index in [1.165, 1.54) is 10.9 Å². The van der Waals surface area contributed by atoms with E-state index in [1.54, 1.807) is 0 Å². The van der Waals surface area contributed by atoms with Crippen LogP contribution in [0.3, 0.4) is 0 Å². The molecule has 0 saturated carbocycles. The number of nitrogens with one attached hydrogen (secondary N) is 1. The molecule has 2 aromatic rings. The van der Waals surface area contributed by atoms with Crippen molar-refractivity contribution >= 4 is 16.5 Å². The number of anilines is 1. The maximum atomic E-state index is 6.35. The van der Waals surface area contributed by atoms with Gasteiger partial charge in [0.1, 0.15) is 0 Å². The van der Waals surface area contributed by atoms with Crippen molar-refractivity contribution < 1.29 is 4.74 Å². The Labute approximate surface area is 113 Å². The van der Waals surface area contributed by atoms with E-state index in [1.807, 2.05) is 12.1 Å². The summed E-state index contributed by atoms with van der Waals surface area (Å²) in [7, 11) is 0. The Hall–Kier alpha value is -1.58. The normalized spacial score (nSPS) is 21.4. The first-order valence-electron chi connectivity index (χ1n) is 6.87. The predicted octanol–water partition coefficient (Wildman–Crippen LogP) is 2.51. The number of nitrogens with two attached hydrogens (primary N) is 1. The van der Waals surface area contributed by atoms with Gasteiger partial charge in [-0.1, -0.05) is 43.3 Å². The first-order chi connectivity index (χ1) is 9.27. The zero-order chi connectivity index (χ0) is 13.2. The largest absolute Gasteiger partial charge is 0.398 e. The Morgan fingerprint density at radius 3 is 2.89 bits per heavy atom. The smallest absolute Gasteiger partial charge is 0.0766 e. The van der Waals surface area contributed by atoms with Gasteiger partial charge in [0.15, 0.2) is 0 Å². The van der Waals surface area contributed by atoms with Gasteiger partial charge in [-0.2, -0.15) is 0 Å². The number of fused-ring (bicyclic) bond motifs is 1. The second-order valence-electron chi connectivity index (χ2n) is 5.19. The number of morpholine rings is 1. The van der Waals surface area contributed by atoms with Crippen LogP contribution in [0.4, 0.5) is 5.69 Å². The summed E-state index contributed by atoms with van der Waals surface area (Å²) >= 11 is 0. The summed E-state index contributed by atoms with van der Waals surface area (Å²) in [6.45, 7) is 4.81. The lowest BCUT2D eigenvalue weighted by atomic mass is 9.91. The maximum absolute atomic E-state index is 6.35. The van der Waals surface area contributed by atoms with Crippen molar-refractivity contribution in [3.63, 3.8) is 0 Å². The van der Waals surface area contributed by atoms with E-state index >= 15 is 0 Å². The minimum absolute atomic E-state index is 0.206. The molecule has 2 unspecified atom stereocenters. The number of nitrogen functional groups attached to an aromatic ring is 1. The molecule has 3 heteroatoms. The molecule has 19 heavy (non-hydrogen) atoms. The summed E-state index contributed by atoms with van der Waals surface area (Å²) in [5.41, 5.74) is 8.43. The third-order valence-electron chi connectivity index (χ3n) is 4.01. The molecule has 0 radical (unpaired) electrons. The summed E-state index contributed by atoms with van der Waals surface area (Å²) in [5, 5.41) is 5.70. The van der Waals surface area contributed by atoms with Crippen LogP contribution < -0.4 is 11.1 Å². The quantitative estimate of drug-likeness (QED) is 0.812. The van der Waals surface area contributed by atoms with E-state index in [4.69, 9.17) is 10.5 Å². The zero-order valence-corrected chi connectivity index (χ0v) is 11.2. The van der Waals surface area contributed by atoms with Crippen molar-refractivity contribution in [2.45, 2.75) is 18.9 Å². The molecule has 3 nitrogen and oxygen atoms in total. The van der Waals surface area contributed by atoms with Crippen molar-refractivity contribution in [2.75, 3.05) is 25.4 Å². The highest BCUT2D eigenvalue weighted by Gasteiger charge is 2.23. The molecule has 1 aliphatic rings. The molecule has 0 spiro atoms. The molecule has 0 aliphatic carbocycles. The molecular formula is C16H20N2O. The van der Waals surface area contributed by atoms with Crippen LogP contribution in [-0.2, 0) is 4.74 Å². The van der Waals surface area contributed by atoms with Crippen molar-refractivity contribution in [3.8, 4) is 0 Å². The zero-order valence-electron chi connectivity index (χ0n) is 11.2. The first-order valence-corrected chi connectivity index (χ1v) is 6.87. The van der Waals surface area contributed by atoms with E-state index < -0.39 is 0 Å². The van der Waals surface area contributed by atoms with Crippen LogP contribution in [0.15, 0.2) is 36.4 Å². The summed E-state index contributed by atoms with van der Waals surface area (Å²) < 4.78 is 5.84. The van der Waals surface area contributed by atoms with Gasteiger partial charge in [-0.3, -0.25) is 0 Å². The van der Waals surface area contributed by atoms with Gasteiger partial charge in [0.25, 0.3) is 0 Å². The number of rotatable bonds is 2. The van der Waals surface area contributed by atoms with Gasteiger partial charge >= 0.3 is 0 Å². The van der Waals surface area contributed by atoms with E-state index in [9.17, 15) is 0 Å². The lowest BCUT2D eigenvalue weighted by Crippen LogP contribution is -2.41. The maximum Gasteiger partial charge on any atom is 0.0766 e. The molecule has 0 aromatic heterocycles.